The molecule has 0 bridgehead atoms. The smallest absolute Gasteiger partial charge is 0.186 e. The van der Waals surface area contributed by atoms with Crippen molar-refractivity contribution in [2.45, 2.75) is 66.6 Å². The molecule has 0 N–H and O–H groups in total. The molecule has 0 radical (unpaired) electrons. The standard InChI is InChI=1S/C22H34O2/c1-7-21(22(23-6)24-8-2)14-10-12-18(4)19(5)16-20-13-9-11-17(3)15-20/h10,13,15-16,18,22H,7-9,11-12H2,1-6H3. The first-order valence-corrected chi connectivity index (χ1v) is 9.15. The second-order valence-corrected chi connectivity index (χ2v) is 6.51. The van der Waals surface area contributed by atoms with Crippen LogP contribution in [-0.2, 0) is 9.47 Å². The summed E-state index contributed by atoms with van der Waals surface area (Å²) in [5.74, 6) is 0.500. The van der Waals surface area contributed by atoms with Crippen LogP contribution in [0.15, 0.2) is 52.3 Å². The monoisotopic (exact) mass is 330 g/mol. The van der Waals surface area contributed by atoms with Gasteiger partial charge in [-0.25, -0.2) is 0 Å². The molecule has 0 aromatic carbocycles. The van der Waals surface area contributed by atoms with Crippen molar-refractivity contribution in [3.63, 3.8) is 0 Å². The minimum absolute atomic E-state index is 0.274. The van der Waals surface area contributed by atoms with E-state index < -0.39 is 0 Å². The molecular weight excluding hydrogens is 296 g/mol. The zero-order chi connectivity index (χ0) is 17.9. The maximum absolute atomic E-state index is 5.59. The maximum Gasteiger partial charge on any atom is 0.186 e. The summed E-state index contributed by atoms with van der Waals surface area (Å²) in [7, 11) is 1.68. The maximum atomic E-state index is 5.59. The van der Waals surface area contributed by atoms with Crippen LogP contribution in [0.4, 0.5) is 0 Å². The summed E-state index contributed by atoms with van der Waals surface area (Å²) >= 11 is 0. The van der Waals surface area contributed by atoms with Crippen molar-refractivity contribution in [1.29, 1.82) is 0 Å². The quantitative estimate of drug-likeness (QED) is 0.374. The Labute approximate surface area is 148 Å². The normalized spacial score (nSPS) is 17.5. The number of hydrogen-bond donors (Lipinski definition) is 0. The Morgan fingerprint density at radius 3 is 2.71 bits per heavy atom. The molecule has 0 aromatic heterocycles. The van der Waals surface area contributed by atoms with Crippen molar-refractivity contribution < 1.29 is 9.47 Å². The third kappa shape index (κ3) is 7.05. The van der Waals surface area contributed by atoms with E-state index in [2.05, 4.69) is 57.7 Å². The van der Waals surface area contributed by atoms with Gasteiger partial charge in [0.25, 0.3) is 0 Å². The largest absolute Gasteiger partial charge is 0.351 e. The van der Waals surface area contributed by atoms with Gasteiger partial charge in [0.15, 0.2) is 6.29 Å². The summed E-state index contributed by atoms with van der Waals surface area (Å²) in [6.45, 7) is 11.4. The number of methoxy groups -OCH3 is 1. The molecule has 1 rings (SSSR count). The van der Waals surface area contributed by atoms with Gasteiger partial charge in [-0.05, 0) is 64.0 Å². The molecule has 2 unspecified atom stereocenters. The van der Waals surface area contributed by atoms with E-state index in [0.717, 1.165) is 24.8 Å². The van der Waals surface area contributed by atoms with Crippen molar-refractivity contribution in [3.8, 4) is 0 Å². The average Bonchev–Trinajstić information content (AvgIpc) is 2.57. The lowest BCUT2D eigenvalue weighted by Gasteiger charge is -2.16. The van der Waals surface area contributed by atoms with E-state index >= 15 is 0 Å². The molecule has 0 aliphatic heterocycles. The second-order valence-electron chi connectivity index (χ2n) is 6.51. The Morgan fingerprint density at radius 2 is 2.12 bits per heavy atom. The van der Waals surface area contributed by atoms with Crippen LogP contribution in [0.25, 0.3) is 0 Å². The summed E-state index contributed by atoms with van der Waals surface area (Å²) < 4.78 is 11.0. The highest BCUT2D eigenvalue weighted by atomic mass is 16.7. The van der Waals surface area contributed by atoms with Gasteiger partial charge in [-0.1, -0.05) is 43.2 Å². The van der Waals surface area contributed by atoms with Gasteiger partial charge < -0.3 is 9.47 Å². The Bertz CT molecular complexity index is 542. The molecule has 1 aliphatic rings. The van der Waals surface area contributed by atoms with Crippen LogP contribution in [0.5, 0.6) is 0 Å². The fourth-order valence-electron chi connectivity index (χ4n) is 2.74. The Hall–Kier alpha value is -1.34. The molecule has 0 fully saturated rings. The molecule has 0 spiro atoms. The van der Waals surface area contributed by atoms with Crippen LogP contribution in [0.1, 0.15) is 60.3 Å². The van der Waals surface area contributed by atoms with Crippen LogP contribution in [0, 0.1) is 5.92 Å². The summed E-state index contributed by atoms with van der Waals surface area (Å²) in [4.78, 5) is 0. The third-order valence-corrected chi connectivity index (χ3v) is 4.46. The van der Waals surface area contributed by atoms with E-state index in [1.807, 2.05) is 6.92 Å². The lowest BCUT2D eigenvalue weighted by atomic mass is 9.94. The summed E-state index contributed by atoms with van der Waals surface area (Å²) in [5, 5.41) is 0. The molecule has 0 saturated carbocycles. The first kappa shape index (κ1) is 20.7. The van der Waals surface area contributed by atoms with Crippen molar-refractivity contribution in [2.24, 2.45) is 5.92 Å². The van der Waals surface area contributed by atoms with Gasteiger partial charge in [-0.2, -0.15) is 0 Å². The average molecular weight is 331 g/mol. The zero-order valence-corrected chi connectivity index (χ0v) is 16.3. The van der Waals surface area contributed by atoms with Crippen molar-refractivity contribution in [1.82, 2.24) is 0 Å². The molecule has 0 saturated heterocycles. The second kappa shape index (κ2) is 11.3. The zero-order valence-electron chi connectivity index (χ0n) is 16.3. The molecule has 134 valence electrons. The van der Waals surface area contributed by atoms with Crippen LogP contribution in [-0.4, -0.2) is 20.0 Å². The molecule has 1 aliphatic carbocycles. The van der Waals surface area contributed by atoms with Gasteiger partial charge in [0.05, 0.1) is 0 Å². The predicted molar refractivity (Wildman–Crippen MR) is 103 cm³/mol. The van der Waals surface area contributed by atoms with Gasteiger partial charge in [-0.15, -0.1) is 5.73 Å². The van der Waals surface area contributed by atoms with Crippen LogP contribution in [0.3, 0.4) is 0 Å². The summed E-state index contributed by atoms with van der Waals surface area (Å²) in [6.07, 6.45) is 13.0. The highest BCUT2D eigenvalue weighted by molar-refractivity contribution is 5.37. The Balaban J connectivity index is 2.73. The molecule has 2 heteroatoms. The first-order chi connectivity index (χ1) is 11.5. The molecular formula is C22H34O2. The molecule has 0 amide bonds. The van der Waals surface area contributed by atoms with Gasteiger partial charge >= 0.3 is 0 Å². The fraction of sp³-hybridized carbons (Fsp3) is 0.591. The van der Waals surface area contributed by atoms with E-state index in [1.165, 1.54) is 23.1 Å². The lowest BCUT2D eigenvalue weighted by Crippen LogP contribution is -2.17. The lowest BCUT2D eigenvalue weighted by molar-refractivity contribution is -0.0950. The van der Waals surface area contributed by atoms with Gasteiger partial charge in [-0.3, -0.25) is 0 Å². The number of allylic oxidation sites excluding steroid dienone is 6. The predicted octanol–water partition coefficient (Wildman–Crippen LogP) is 6.13. The number of rotatable bonds is 9. The van der Waals surface area contributed by atoms with Crippen molar-refractivity contribution in [3.05, 3.63) is 52.3 Å². The van der Waals surface area contributed by atoms with Crippen LogP contribution < -0.4 is 0 Å². The molecule has 24 heavy (non-hydrogen) atoms. The van der Waals surface area contributed by atoms with Gasteiger partial charge in [0, 0.05) is 19.3 Å². The topological polar surface area (TPSA) is 18.5 Å². The van der Waals surface area contributed by atoms with E-state index in [9.17, 15) is 0 Å². The van der Waals surface area contributed by atoms with Gasteiger partial charge in [0.2, 0.25) is 0 Å². The Kier molecular flexibility index (Phi) is 9.71. The van der Waals surface area contributed by atoms with Crippen LogP contribution in [0.2, 0.25) is 0 Å². The van der Waals surface area contributed by atoms with Crippen molar-refractivity contribution in [2.75, 3.05) is 13.7 Å². The first-order valence-electron chi connectivity index (χ1n) is 9.15. The number of ether oxygens (including phenoxy) is 2. The minimum atomic E-state index is -0.274. The summed E-state index contributed by atoms with van der Waals surface area (Å²) in [6, 6.07) is 0. The van der Waals surface area contributed by atoms with E-state index in [1.54, 1.807) is 7.11 Å². The van der Waals surface area contributed by atoms with E-state index in [-0.39, 0.29) is 6.29 Å². The van der Waals surface area contributed by atoms with E-state index in [4.69, 9.17) is 9.47 Å². The SMILES string of the molecule is CCOC(OC)C(=C=CCC(C)C(C)=CC1=CCCC(C)=C1)CC. The summed E-state index contributed by atoms with van der Waals surface area (Å²) in [5.41, 5.74) is 8.70. The highest BCUT2D eigenvalue weighted by Crippen LogP contribution is 2.22. The fourth-order valence-corrected chi connectivity index (χ4v) is 2.74. The number of hydrogen-bond acceptors (Lipinski definition) is 2. The van der Waals surface area contributed by atoms with Crippen LogP contribution >= 0.6 is 0 Å². The molecule has 0 aromatic rings. The van der Waals surface area contributed by atoms with Gasteiger partial charge in [0.1, 0.15) is 0 Å². The minimum Gasteiger partial charge on any atom is -0.351 e. The third-order valence-electron chi connectivity index (χ3n) is 4.46. The highest BCUT2D eigenvalue weighted by Gasteiger charge is 2.11. The van der Waals surface area contributed by atoms with Crippen molar-refractivity contribution >= 4 is 0 Å². The molecule has 0 heterocycles. The Morgan fingerprint density at radius 1 is 1.38 bits per heavy atom. The molecule has 2 atom stereocenters. The van der Waals surface area contributed by atoms with E-state index in [0.29, 0.717) is 12.5 Å². The molecule has 2 nitrogen and oxygen atoms in total.